The topological polar surface area (TPSA) is 25.2 Å². The van der Waals surface area contributed by atoms with Crippen LogP contribution in [0.15, 0.2) is 16.5 Å². The number of benzene rings is 1. The maximum absolute atomic E-state index is 6.25. The van der Waals surface area contributed by atoms with Crippen LogP contribution in [0.4, 0.5) is 0 Å². The minimum absolute atomic E-state index is 0.503. The Morgan fingerprint density at radius 3 is 2.63 bits per heavy atom. The number of rotatable bonds is 4. The van der Waals surface area contributed by atoms with Gasteiger partial charge in [-0.1, -0.05) is 26.0 Å². The predicted octanol–water partition coefficient (Wildman–Crippen LogP) is 4.46. The summed E-state index contributed by atoms with van der Waals surface area (Å²) in [5, 5.41) is 4.63. The molecule has 1 aliphatic carbocycles. The Morgan fingerprint density at radius 2 is 2.05 bits per heavy atom. The highest BCUT2D eigenvalue weighted by Gasteiger charge is 2.32. The van der Waals surface area contributed by atoms with Gasteiger partial charge in [0.15, 0.2) is 0 Å². The molecule has 19 heavy (non-hydrogen) atoms. The van der Waals surface area contributed by atoms with Crippen molar-refractivity contribution in [1.82, 2.24) is 5.32 Å². The second-order valence-corrected chi connectivity index (χ2v) is 6.07. The Kier molecular flexibility index (Phi) is 3.14. The van der Waals surface area contributed by atoms with Crippen molar-refractivity contribution in [3.8, 4) is 0 Å². The minimum Gasteiger partial charge on any atom is -0.459 e. The van der Waals surface area contributed by atoms with Gasteiger partial charge in [-0.15, -0.1) is 0 Å². The third-order valence-electron chi connectivity index (χ3n) is 4.14. The van der Waals surface area contributed by atoms with Crippen molar-refractivity contribution in [3.63, 3.8) is 0 Å². The first-order valence-corrected chi connectivity index (χ1v) is 7.32. The van der Waals surface area contributed by atoms with Crippen molar-refractivity contribution in [2.24, 2.45) is 0 Å². The lowest BCUT2D eigenvalue weighted by molar-refractivity contribution is 0.520. The lowest BCUT2D eigenvalue weighted by atomic mass is 9.95. The van der Waals surface area contributed by atoms with Gasteiger partial charge in [-0.25, -0.2) is 0 Å². The van der Waals surface area contributed by atoms with Gasteiger partial charge in [0.1, 0.15) is 11.3 Å². The van der Waals surface area contributed by atoms with Crippen molar-refractivity contribution < 1.29 is 4.42 Å². The zero-order chi connectivity index (χ0) is 13.6. The van der Waals surface area contributed by atoms with Crippen LogP contribution in [-0.4, -0.2) is 7.05 Å². The summed E-state index contributed by atoms with van der Waals surface area (Å²) in [6.07, 6.45) is 2.63. The van der Waals surface area contributed by atoms with Gasteiger partial charge in [0.2, 0.25) is 0 Å². The second-order valence-electron chi connectivity index (χ2n) is 6.07. The predicted molar refractivity (Wildman–Crippen MR) is 79.8 cm³/mol. The molecule has 0 unspecified atom stereocenters. The third-order valence-corrected chi connectivity index (χ3v) is 4.14. The van der Waals surface area contributed by atoms with E-state index in [0.29, 0.717) is 5.92 Å². The Balaban J connectivity index is 2.29. The normalized spacial score (nSPS) is 15.6. The van der Waals surface area contributed by atoms with Crippen molar-refractivity contribution in [2.45, 2.75) is 52.0 Å². The molecule has 1 heterocycles. The summed E-state index contributed by atoms with van der Waals surface area (Å²) < 4.78 is 6.25. The molecule has 3 rings (SSSR count). The molecule has 0 bridgehead atoms. The average molecular weight is 257 g/mol. The lowest BCUT2D eigenvalue weighted by Crippen LogP contribution is -2.05. The Bertz CT molecular complexity index is 605. The smallest absolute Gasteiger partial charge is 0.138 e. The molecule has 2 aromatic rings. The van der Waals surface area contributed by atoms with Crippen LogP contribution in [0.2, 0.25) is 0 Å². The van der Waals surface area contributed by atoms with E-state index < -0.39 is 0 Å². The van der Waals surface area contributed by atoms with E-state index in [1.807, 2.05) is 7.05 Å². The molecule has 0 spiro atoms. The molecular formula is C17H23NO. The van der Waals surface area contributed by atoms with Crippen LogP contribution in [0, 0.1) is 6.92 Å². The highest BCUT2D eigenvalue weighted by atomic mass is 16.3. The molecule has 102 valence electrons. The van der Waals surface area contributed by atoms with E-state index in [2.05, 4.69) is 38.2 Å². The first-order chi connectivity index (χ1) is 9.13. The largest absolute Gasteiger partial charge is 0.459 e. The fourth-order valence-electron chi connectivity index (χ4n) is 3.01. The van der Waals surface area contributed by atoms with Gasteiger partial charge in [0, 0.05) is 10.9 Å². The standard InChI is InChI=1S/C17H23NO/c1-10(2)13-8-5-11(3)15-16(12-6-7-12)14(9-18-4)19-17(13)15/h5,8,10,12,18H,6-7,9H2,1-4H3. The SMILES string of the molecule is CNCc1oc2c(C(C)C)ccc(C)c2c1C1CC1. The zero-order valence-corrected chi connectivity index (χ0v) is 12.3. The maximum atomic E-state index is 6.25. The van der Waals surface area contributed by atoms with Gasteiger partial charge < -0.3 is 9.73 Å². The molecule has 0 atom stereocenters. The quantitative estimate of drug-likeness (QED) is 0.874. The fraction of sp³-hybridized carbons (Fsp3) is 0.529. The summed E-state index contributed by atoms with van der Waals surface area (Å²) in [5.41, 5.74) is 5.30. The Hall–Kier alpha value is -1.28. The van der Waals surface area contributed by atoms with Crippen LogP contribution in [0.25, 0.3) is 11.0 Å². The summed E-state index contributed by atoms with van der Waals surface area (Å²) in [5.74, 6) is 2.38. The van der Waals surface area contributed by atoms with Crippen LogP contribution in [0.5, 0.6) is 0 Å². The molecule has 1 fully saturated rings. The molecule has 0 aliphatic heterocycles. The van der Waals surface area contributed by atoms with Gasteiger partial charge >= 0.3 is 0 Å². The minimum atomic E-state index is 0.503. The van der Waals surface area contributed by atoms with Crippen LogP contribution in [0.3, 0.4) is 0 Å². The van der Waals surface area contributed by atoms with Crippen molar-refractivity contribution >= 4 is 11.0 Å². The highest BCUT2D eigenvalue weighted by Crippen LogP contribution is 2.48. The van der Waals surface area contributed by atoms with E-state index in [1.165, 1.54) is 34.9 Å². The molecule has 1 saturated carbocycles. The van der Waals surface area contributed by atoms with Gasteiger partial charge in [-0.2, -0.15) is 0 Å². The van der Waals surface area contributed by atoms with Gasteiger partial charge in [-0.3, -0.25) is 0 Å². The van der Waals surface area contributed by atoms with Crippen molar-refractivity contribution in [2.75, 3.05) is 7.05 Å². The van der Waals surface area contributed by atoms with E-state index in [9.17, 15) is 0 Å². The summed E-state index contributed by atoms with van der Waals surface area (Å²) in [6, 6.07) is 4.48. The number of fused-ring (bicyclic) bond motifs is 1. The van der Waals surface area contributed by atoms with Gasteiger partial charge in [0.05, 0.1) is 6.54 Å². The molecule has 1 aliphatic rings. The number of nitrogens with one attached hydrogen (secondary N) is 1. The van der Waals surface area contributed by atoms with Gasteiger partial charge in [0.25, 0.3) is 0 Å². The number of hydrogen-bond donors (Lipinski definition) is 1. The summed E-state index contributed by atoms with van der Waals surface area (Å²) in [7, 11) is 1.99. The van der Waals surface area contributed by atoms with Crippen molar-refractivity contribution in [3.05, 3.63) is 34.6 Å². The molecule has 1 aromatic carbocycles. The summed E-state index contributed by atoms with van der Waals surface area (Å²) in [6.45, 7) is 7.51. The molecule has 2 nitrogen and oxygen atoms in total. The number of hydrogen-bond acceptors (Lipinski definition) is 2. The molecule has 0 radical (unpaired) electrons. The third kappa shape index (κ3) is 2.08. The lowest BCUT2D eigenvalue weighted by Gasteiger charge is -2.08. The van der Waals surface area contributed by atoms with Crippen LogP contribution in [-0.2, 0) is 6.54 Å². The Morgan fingerprint density at radius 1 is 1.32 bits per heavy atom. The fourth-order valence-corrected chi connectivity index (χ4v) is 3.01. The van der Waals surface area contributed by atoms with Crippen LogP contribution in [0.1, 0.15) is 61.0 Å². The van der Waals surface area contributed by atoms with E-state index in [-0.39, 0.29) is 0 Å². The van der Waals surface area contributed by atoms with Gasteiger partial charge in [-0.05, 0) is 49.8 Å². The maximum Gasteiger partial charge on any atom is 0.138 e. The summed E-state index contributed by atoms with van der Waals surface area (Å²) >= 11 is 0. The van der Waals surface area contributed by atoms with E-state index in [0.717, 1.165) is 23.8 Å². The number of furan rings is 1. The molecule has 0 amide bonds. The molecule has 2 heteroatoms. The zero-order valence-electron chi connectivity index (χ0n) is 12.3. The molecular weight excluding hydrogens is 234 g/mol. The van der Waals surface area contributed by atoms with Crippen LogP contribution < -0.4 is 5.32 Å². The Labute approximate surface area is 115 Å². The average Bonchev–Trinajstić information content (AvgIpc) is 3.12. The monoisotopic (exact) mass is 257 g/mol. The first kappa shape index (κ1) is 12.7. The van der Waals surface area contributed by atoms with E-state index >= 15 is 0 Å². The highest BCUT2D eigenvalue weighted by molar-refractivity contribution is 5.89. The molecule has 0 saturated heterocycles. The van der Waals surface area contributed by atoms with E-state index in [1.54, 1.807) is 0 Å². The molecule has 1 N–H and O–H groups in total. The van der Waals surface area contributed by atoms with E-state index in [4.69, 9.17) is 4.42 Å². The van der Waals surface area contributed by atoms with Crippen molar-refractivity contribution in [1.29, 1.82) is 0 Å². The molecule has 1 aromatic heterocycles. The number of aryl methyl sites for hydroxylation is 1. The summed E-state index contributed by atoms with van der Waals surface area (Å²) in [4.78, 5) is 0. The first-order valence-electron chi connectivity index (χ1n) is 7.32. The second kappa shape index (κ2) is 4.68. The van der Waals surface area contributed by atoms with Crippen LogP contribution >= 0.6 is 0 Å².